The van der Waals surface area contributed by atoms with E-state index in [4.69, 9.17) is 15.8 Å². The number of hydrogen-bond donors (Lipinski definition) is 1. The smallest absolute Gasteiger partial charge is 0.418 e. The standard InChI is InChI=1S/C17H14ClNO2P/c1-13-7-2-5-11-16(13)19-22(18,20)21-17-12-6-9-14-8-3-4-10-15(14)17/h2-12H,1H2,(H,19,20). The average Bonchev–Trinajstić information content (AvgIpc) is 2.49. The number of hydrogen-bond acceptors (Lipinski definition) is 2. The second-order valence-corrected chi connectivity index (χ2v) is 7.52. The Hall–Kier alpha value is -1.96. The zero-order valence-electron chi connectivity index (χ0n) is 11.7. The first-order valence-corrected chi connectivity index (χ1v) is 9.24. The van der Waals surface area contributed by atoms with Gasteiger partial charge in [0.2, 0.25) is 0 Å². The van der Waals surface area contributed by atoms with Crippen LogP contribution in [0.25, 0.3) is 10.8 Å². The Kier molecular flexibility index (Phi) is 4.10. The normalized spacial score (nSPS) is 13.5. The third-order valence-electron chi connectivity index (χ3n) is 3.24. The van der Waals surface area contributed by atoms with Crippen LogP contribution >= 0.6 is 18.1 Å². The number of halogens is 1. The minimum absolute atomic E-state index is 0.477. The van der Waals surface area contributed by atoms with Crippen molar-refractivity contribution < 1.29 is 9.09 Å². The van der Waals surface area contributed by atoms with Crippen molar-refractivity contribution in [1.82, 2.24) is 0 Å². The molecule has 0 aliphatic carbocycles. The third-order valence-corrected chi connectivity index (χ3v) is 4.64. The van der Waals surface area contributed by atoms with E-state index in [-0.39, 0.29) is 0 Å². The van der Waals surface area contributed by atoms with E-state index in [2.05, 4.69) is 12.0 Å². The Morgan fingerprint density at radius 2 is 1.64 bits per heavy atom. The molecular weight excluding hydrogens is 317 g/mol. The van der Waals surface area contributed by atoms with Crippen LogP contribution in [0, 0.1) is 6.92 Å². The molecule has 0 spiro atoms. The molecule has 1 radical (unpaired) electrons. The van der Waals surface area contributed by atoms with Gasteiger partial charge in [-0.3, -0.25) is 5.09 Å². The van der Waals surface area contributed by atoms with Crippen LogP contribution in [-0.2, 0) is 4.57 Å². The van der Waals surface area contributed by atoms with Gasteiger partial charge >= 0.3 is 6.87 Å². The molecule has 3 nitrogen and oxygen atoms in total. The minimum Gasteiger partial charge on any atom is -0.418 e. The van der Waals surface area contributed by atoms with Crippen LogP contribution in [-0.4, -0.2) is 0 Å². The van der Waals surface area contributed by atoms with Gasteiger partial charge in [-0.25, -0.2) is 4.57 Å². The van der Waals surface area contributed by atoms with E-state index in [1.165, 1.54) is 0 Å². The van der Waals surface area contributed by atoms with Crippen LogP contribution in [0.15, 0.2) is 66.7 Å². The van der Waals surface area contributed by atoms with Crippen molar-refractivity contribution in [2.24, 2.45) is 0 Å². The molecule has 3 aromatic carbocycles. The van der Waals surface area contributed by atoms with Crippen LogP contribution in [0.3, 0.4) is 0 Å². The summed E-state index contributed by atoms with van der Waals surface area (Å²) in [4.78, 5) is 0. The quantitative estimate of drug-likeness (QED) is 0.609. The van der Waals surface area contributed by atoms with Gasteiger partial charge < -0.3 is 4.52 Å². The van der Waals surface area contributed by atoms with Crippen LogP contribution in [0.5, 0.6) is 5.75 Å². The Morgan fingerprint density at radius 1 is 0.955 bits per heavy atom. The summed E-state index contributed by atoms with van der Waals surface area (Å²) in [5.74, 6) is 0.477. The van der Waals surface area contributed by atoms with Gasteiger partial charge in [0.15, 0.2) is 0 Å². The summed E-state index contributed by atoms with van der Waals surface area (Å²) in [7, 11) is 0. The average molecular weight is 331 g/mol. The summed E-state index contributed by atoms with van der Waals surface area (Å²) in [5.41, 5.74) is 1.28. The highest BCUT2D eigenvalue weighted by Gasteiger charge is 2.22. The second-order valence-electron chi connectivity index (χ2n) is 4.82. The van der Waals surface area contributed by atoms with Crippen molar-refractivity contribution in [3.8, 4) is 5.75 Å². The summed E-state index contributed by atoms with van der Waals surface area (Å²) in [6, 6.07) is 20.4. The van der Waals surface area contributed by atoms with Crippen LogP contribution in [0.1, 0.15) is 5.56 Å². The predicted molar refractivity (Wildman–Crippen MR) is 92.6 cm³/mol. The number of para-hydroxylation sites is 1. The maximum Gasteiger partial charge on any atom is 0.435 e. The second kappa shape index (κ2) is 6.04. The molecule has 22 heavy (non-hydrogen) atoms. The molecular formula is C17H14ClNO2P. The Morgan fingerprint density at radius 3 is 2.45 bits per heavy atom. The van der Waals surface area contributed by atoms with Gasteiger partial charge in [-0.2, -0.15) is 0 Å². The lowest BCUT2D eigenvalue weighted by molar-refractivity contribution is 0.506. The van der Waals surface area contributed by atoms with Crippen molar-refractivity contribution in [2.45, 2.75) is 0 Å². The van der Waals surface area contributed by atoms with Crippen molar-refractivity contribution in [2.75, 3.05) is 5.09 Å². The van der Waals surface area contributed by atoms with E-state index in [9.17, 15) is 4.57 Å². The van der Waals surface area contributed by atoms with Crippen LogP contribution < -0.4 is 9.61 Å². The molecule has 0 aromatic heterocycles. The summed E-state index contributed by atoms with van der Waals surface area (Å²) in [5, 5.41) is 4.59. The van der Waals surface area contributed by atoms with Gasteiger partial charge in [-0.15, -0.1) is 0 Å². The van der Waals surface area contributed by atoms with Crippen molar-refractivity contribution >= 4 is 34.6 Å². The molecule has 5 heteroatoms. The summed E-state index contributed by atoms with van der Waals surface area (Å²) in [6.45, 7) is 0.278. The summed E-state index contributed by atoms with van der Waals surface area (Å²) in [6.07, 6.45) is 0. The lowest BCUT2D eigenvalue weighted by atomic mass is 10.1. The van der Waals surface area contributed by atoms with Crippen molar-refractivity contribution in [3.05, 3.63) is 79.2 Å². The Balaban J connectivity index is 1.90. The van der Waals surface area contributed by atoms with Gasteiger partial charge in [0.1, 0.15) is 5.75 Å². The molecule has 0 aliphatic heterocycles. The van der Waals surface area contributed by atoms with Gasteiger partial charge in [0.25, 0.3) is 0 Å². The zero-order valence-corrected chi connectivity index (χ0v) is 13.3. The third kappa shape index (κ3) is 3.27. The summed E-state index contributed by atoms with van der Waals surface area (Å²) < 4.78 is 18.1. The maximum atomic E-state index is 12.6. The summed E-state index contributed by atoms with van der Waals surface area (Å²) >= 11 is 6.07. The minimum atomic E-state index is -3.59. The van der Waals surface area contributed by atoms with E-state index in [0.29, 0.717) is 17.0 Å². The molecule has 3 rings (SSSR count). The molecule has 3 aromatic rings. The van der Waals surface area contributed by atoms with E-state index in [0.717, 1.165) is 10.8 Å². The first kappa shape index (κ1) is 15.0. The molecule has 1 N–H and O–H groups in total. The fourth-order valence-electron chi connectivity index (χ4n) is 2.20. The van der Waals surface area contributed by atoms with E-state index < -0.39 is 6.87 Å². The SMILES string of the molecule is [CH2]c1ccccc1NP(=O)(Cl)Oc1cccc2ccccc12. The topological polar surface area (TPSA) is 38.3 Å². The lowest BCUT2D eigenvalue weighted by Gasteiger charge is -2.17. The van der Waals surface area contributed by atoms with E-state index >= 15 is 0 Å². The van der Waals surface area contributed by atoms with Gasteiger partial charge in [0, 0.05) is 22.3 Å². The largest absolute Gasteiger partial charge is 0.435 e. The monoisotopic (exact) mass is 330 g/mol. The molecule has 1 unspecified atom stereocenters. The number of anilines is 1. The number of rotatable bonds is 4. The number of fused-ring (bicyclic) bond motifs is 1. The number of benzene rings is 3. The van der Waals surface area contributed by atoms with Crippen molar-refractivity contribution in [1.29, 1.82) is 0 Å². The van der Waals surface area contributed by atoms with Crippen LogP contribution in [0.2, 0.25) is 0 Å². The number of nitrogens with one attached hydrogen (secondary N) is 1. The van der Waals surface area contributed by atoms with Gasteiger partial charge in [-0.05, 0) is 30.0 Å². The molecule has 1 atom stereocenters. The molecule has 0 amide bonds. The molecule has 0 bridgehead atoms. The van der Waals surface area contributed by atoms with E-state index in [1.54, 1.807) is 18.2 Å². The molecule has 0 heterocycles. The fourth-order valence-corrected chi connectivity index (χ4v) is 3.66. The van der Waals surface area contributed by atoms with Gasteiger partial charge in [0.05, 0.1) is 0 Å². The molecule has 0 saturated carbocycles. The Labute approximate surface area is 134 Å². The first-order chi connectivity index (χ1) is 10.6. The van der Waals surface area contributed by atoms with Gasteiger partial charge in [-0.1, -0.05) is 54.6 Å². The zero-order chi connectivity index (χ0) is 15.6. The Bertz CT molecular complexity index is 861. The molecule has 0 fully saturated rings. The first-order valence-electron chi connectivity index (χ1n) is 6.71. The predicted octanol–water partition coefficient (Wildman–Crippen LogP) is 5.86. The molecule has 0 saturated heterocycles. The fraction of sp³-hybridized carbons (Fsp3) is 0. The lowest BCUT2D eigenvalue weighted by Crippen LogP contribution is -2.00. The van der Waals surface area contributed by atoms with E-state index in [1.807, 2.05) is 48.5 Å². The van der Waals surface area contributed by atoms with Crippen LogP contribution in [0.4, 0.5) is 5.69 Å². The highest BCUT2D eigenvalue weighted by Crippen LogP contribution is 2.53. The molecule has 0 aliphatic rings. The highest BCUT2D eigenvalue weighted by atomic mass is 35.7. The molecule has 111 valence electrons. The van der Waals surface area contributed by atoms with Crippen molar-refractivity contribution in [3.63, 3.8) is 0 Å². The highest BCUT2D eigenvalue weighted by molar-refractivity contribution is 7.86. The maximum absolute atomic E-state index is 12.6.